The van der Waals surface area contributed by atoms with E-state index in [9.17, 15) is 23.4 Å². The number of ketones is 1. The van der Waals surface area contributed by atoms with Crippen molar-refractivity contribution in [1.29, 1.82) is 0 Å². The first-order chi connectivity index (χ1) is 28.8. The molecule has 1 amide bonds. The Labute approximate surface area is 363 Å². The normalized spacial score (nSPS) is 35.4. The van der Waals surface area contributed by atoms with Gasteiger partial charge in [-0.2, -0.15) is 3.89 Å². The molecule has 19 heteroatoms. The van der Waals surface area contributed by atoms with Gasteiger partial charge in [0.15, 0.2) is 17.7 Å². The summed E-state index contributed by atoms with van der Waals surface area (Å²) in [7, 11) is 5.19. The summed E-state index contributed by atoms with van der Waals surface area (Å²) in [5.74, 6) is -2.57. The minimum Gasteiger partial charge on any atom is -0.455 e. The third kappa shape index (κ3) is 12.0. The van der Waals surface area contributed by atoms with E-state index in [4.69, 9.17) is 23.7 Å². The molecule has 61 heavy (non-hydrogen) atoms. The number of fused-ring (bicyclic) bond motifs is 1. The van der Waals surface area contributed by atoms with Crippen molar-refractivity contribution in [2.45, 2.75) is 159 Å². The van der Waals surface area contributed by atoms with Crippen molar-refractivity contribution in [3.05, 3.63) is 30.6 Å². The summed E-state index contributed by atoms with van der Waals surface area (Å²) >= 11 is 0.250. The van der Waals surface area contributed by atoms with Gasteiger partial charge in [-0.15, -0.1) is 5.10 Å². The summed E-state index contributed by atoms with van der Waals surface area (Å²) in [6.45, 7) is 13.3. The van der Waals surface area contributed by atoms with E-state index < -0.39 is 71.8 Å². The molecule has 3 saturated heterocycles. The lowest BCUT2D eigenvalue weighted by atomic mass is 9.83. The van der Waals surface area contributed by atoms with E-state index in [2.05, 4.69) is 20.6 Å². The molecule has 2 N–H and O–H groups in total. The zero-order valence-corrected chi connectivity index (χ0v) is 38.3. The molecule has 0 spiro atoms. The molecule has 5 rings (SSSR count). The fourth-order valence-corrected chi connectivity index (χ4v) is 8.73. The molecule has 12 atom stereocenters. The summed E-state index contributed by atoms with van der Waals surface area (Å²) in [5, 5.41) is 23.4. The number of methoxy groups -OCH3 is 1. The maximum atomic E-state index is 16.7. The fourth-order valence-electron chi connectivity index (χ4n) is 8.73. The number of alkyl halides is 1. The molecule has 0 radical (unpaired) electrons. The van der Waals surface area contributed by atoms with Crippen LogP contribution in [-0.4, -0.2) is 159 Å². The maximum absolute atomic E-state index is 16.7. The molecular formula is C42H67F2N7O9S. The zero-order chi connectivity index (χ0) is 45.3. The lowest BCUT2D eigenvalue weighted by Gasteiger charge is -2.45. The van der Waals surface area contributed by atoms with Crippen molar-refractivity contribution in [2.24, 2.45) is 5.92 Å². The van der Waals surface area contributed by atoms with Gasteiger partial charge in [0.05, 0.1) is 35.7 Å². The van der Waals surface area contributed by atoms with Crippen molar-refractivity contribution in [3.8, 4) is 11.4 Å². The number of halogens is 2. The van der Waals surface area contributed by atoms with E-state index >= 15 is 4.39 Å². The summed E-state index contributed by atoms with van der Waals surface area (Å²) in [5.41, 5.74) is -4.32. The number of rotatable bonds is 11. The van der Waals surface area contributed by atoms with E-state index in [0.717, 1.165) is 12.6 Å². The predicted molar refractivity (Wildman–Crippen MR) is 226 cm³/mol. The molecule has 344 valence electrons. The first-order valence-corrected chi connectivity index (χ1v) is 22.2. The van der Waals surface area contributed by atoms with Gasteiger partial charge >= 0.3 is 12.1 Å². The van der Waals surface area contributed by atoms with Crippen LogP contribution in [0.25, 0.3) is 11.4 Å². The number of esters is 1. The number of aryl methyl sites for hydroxylation is 1. The molecule has 0 bridgehead atoms. The third-order valence-electron chi connectivity index (χ3n) is 12.2. The van der Waals surface area contributed by atoms with Crippen molar-refractivity contribution in [2.75, 3.05) is 40.6 Å². The van der Waals surface area contributed by atoms with Crippen LogP contribution in [0.4, 0.5) is 13.1 Å². The lowest BCUT2D eigenvalue weighted by Crippen LogP contribution is -2.61. The van der Waals surface area contributed by atoms with Crippen molar-refractivity contribution >= 4 is 30.0 Å². The second-order valence-electron chi connectivity index (χ2n) is 17.3. The van der Waals surface area contributed by atoms with Crippen molar-refractivity contribution in [1.82, 2.24) is 35.1 Å². The van der Waals surface area contributed by atoms with Gasteiger partial charge in [0.1, 0.15) is 17.9 Å². The molecule has 5 heterocycles. The first-order valence-electron chi connectivity index (χ1n) is 21.1. The van der Waals surface area contributed by atoms with E-state index in [1.165, 1.54) is 13.4 Å². The molecule has 4 unspecified atom stereocenters. The lowest BCUT2D eigenvalue weighted by molar-refractivity contribution is -0.289. The van der Waals surface area contributed by atoms with Crippen LogP contribution in [0, 0.1) is 5.92 Å². The number of aliphatic hydroxyl groups is 1. The minimum atomic E-state index is -3.10. The van der Waals surface area contributed by atoms with E-state index in [1.807, 2.05) is 64.2 Å². The second kappa shape index (κ2) is 21.8. The number of aliphatic hydroxyl groups excluding tert-OH is 1. The van der Waals surface area contributed by atoms with Gasteiger partial charge in [-0.25, -0.2) is 14.0 Å². The average molecular weight is 884 g/mol. The Morgan fingerprint density at radius 2 is 1.79 bits per heavy atom. The highest BCUT2D eigenvalue weighted by molar-refractivity contribution is 7.93. The zero-order valence-electron chi connectivity index (χ0n) is 37.5. The number of ether oxygens (including phenoxy) is 5. The number of hydrogen-bond acceptors (Lipinski definition) is 15. The molecule has 2 aromatic heterocycles. The first kappa shape index (κ1) is 50.3. The molecular weight excluding hydrogens is 817 g/mol. The molecule has 2 aromatic rings. The number of likely N-dealkylation sites (N-methyl/N-ethyl adjacent to an activating group) is 1. The molecule has 3 fully saturated rings. The molecule has 0 aliphatic carbocycles. The van der Waals surface area contributed by atoms with E-state index in [-0.39, 0.29) is 42.7 Å². The van der Waals surface area contributed by atoms with Crippen LogP contribution in [0.3, 0.4) is 0 Å². The van der Waals surface area contributed by atoms with Gasteiger partial charge in [-0.3, -0.25) is 19.4 Å². The standard InChI is InChI=1S/C41H64FN7O9.CH3FS/c1-11-32-41(7)35(49(38(53)58-41)19-15-14-18-48-24-29(45-46-48)28-16-12-13-17-43-28)27(4)44-23-25(2)22-39(5,54-10)33(21-31(50)40(6,42)37(52)57-32)56-36-34(51)30(47(8)9)20-26(3)55-36;1-3-2/h12-13,16-17,24-27,30,32-36,44,51H,11,14-15,18-23H2,1-10H3;1H3/t25-,26?,27-,30?,32-,33-,34?,35-,36+,39-,40?,41-;/m1./s1. The number of cyclic esters (lactones) is 1. The summed E-state index contributed by atoms with van der Waals surface area (Å²) < 4.78 is 59.2. The van der Waals surface area contributed by atoms with E-state index in [1.54, 1.807) is 36.5 Å². The molecule has 0 aromatic carbocycles. The highest BCUT2D eigenvalue weighted by atomic mass is 32.2. The van der Waals surface area contributed by atoms with Gasteiger partial charge in [0.25, 0.3) is 5.67 Å². The average Bonchev–Trinajstić information content (AvgIpc) is 3.79. The highest BCUT2D eigenvalue weighted by Gasteiger charge is 2.59. The molecule has 0 saturated carbocycles. The van der Waals surface area contributed by atoms with E-state index in [0.29, 0.717) is 51.0 Å². The van der Waals surface area contributed by atoms with Crippen LogP contribution in [0.15, 0.2) is 30.6 Å². The largest absolute Gasteiger partial charge is 0.455 e. The Morgan fingerprint density at radius 1 is 1.10 bits per heavy atom. The Hall–Kier alpha value is -3.33. The van der Waals surface area contributed by atoms with Crippen LogP contribution in [0.2, 0.25) is 0 Å². The number of Topliss-reactive ketones (excluding diaryl/α,β-unsaturated/α-hetero) is 1. The molecule has 16 nitrogen and oxygen atoms in total. The Bertz CT molecular complexity index is 1730. The number of nitrogens with zero attached hydrogens (tertiary/aromatic N) is 6. The van der Waals surface area contributed by atoms with Crippen LogP contribution < -0.4 is 5.32 Å². The molecule has 3 aliphatic rings. The quantitative estimate of drug-likeness (QED) is 0.171. The number of carbonyl (C=O) groups is 3. The summed E-state index contributed by atoms with van der Waals surface area (Å²) in [4.78, 5) is 49.4. The van der Waals surface area contributed by atoms with Crippen LogP contribution in [-0.2, 0) is 39.8 Å². The van der Waals surface area contributed by atoms with Gasteiger partial charge in [-0.05, 0) is 105 Å². The Kier molecular flexibility index (Phi) is 18.0. The summed E-state index contributed by atoms with van der Waals surface area (Å²) in [6.07, 6.45) is 1.35. The minimum absolute atomic E-state index is 0.0997. The van der Waals surface area contributed by atoms with Gasteiger partial charge < -0.3 is 39.0 Å². The highest BCUT2D eigenvalue weighted by Crippen LogP contribution is 2.40. The van der Waals surface area contributed by atoms with Crippen LogP contribution >= 0.6 is 12.1 Å². The maximum Gasteiger partial charge on any atom is 0.410 e. The van der Waals surface area contributed by atoms with Crippen LogP contribution in [0.1, 0.15) is 87.0 Å². The van der Waals surface area contributed by atoms with Gasteiger partial charge in [0.2, 0.25) is 0 Å². The van der Waals surface area contributed by atoms with Gasteiger partial charge in [-0.1, -0.05) is 25.1 Å². The number of nitrogens with one attached hydrogen (secondary N) is 1. The third-order valence-corrected chi connectivity index (χ3v) is 12.2. The molecule has 3 aliphatic heterocycles. The Balaban J connectivity index is 0.00000265. The van der Waals surface area contributed by atoms with Crippen molar-refractivity contribution < 1.29 is 51.5 Å². The smallest absolute Gasteiger partial charge is 0.410 e. The number of amides is 1. The van der Waals surface area contributed by atoms with Crippen molar-refractivity contribution in [3.63, 3.8) is 0 Å². The predicted octanol–water partition coefficient (Wildman–Crippen LogP) is 5.18. The van der Waals surface area contributed by atoms with Gasteiger partial charge in [0, 0.05) is 63.3 Å². The monoisotopic (exact) mass is 883 g/mol. The SMILES string of the molecule is CC[C@H]1OC(=O)C(C)(F)C(=O)C[C@@H](O[C@@H]2OC(C)CC(N(C)C)C2O)[C@](C)(OC)C[C@@H](C)CN[C@H](C)[C@H]2N(CCCCn3cc(-c4ccccn4)nn3)C(=O)O[C@]12C.CSF. The number of aromatic nitrogens is 4. The number of carbonyl (C=O) groups excluding carboxylic acids is 3. The summed E-state index contributed by atoms with van der Waals surface area (Å²) in [6, 6.07) is 4.26. The fraction of sp³-hybridized carbons (Fsp3) is 0.762. The topological polar surface area (TPSA) is 180 Å². The number of hydrogen-bond donors (Lipinski definition) is 2. The second-order valence-corrected chi connectivity index (χ2v) is 17.6. The van der Waals surface area contributed by atoms with Crippen LogP contribution in [0.5, 0.6) is 0 Å². The number of unbranched alkanes of at least 4 members (excludes halogenated alkanes) is 1. The Morgan fingerprint density at radius 3 is 2.41 bits per heavy atom. The number of pyridine rings is 1.